The molecule has 3 rings (SSSR count). The summed E-state index contributed by atoms with van der Waals surface area (Å²) in [6, 6.07) is 18.4. The summed E-state index contributed by atoms with van der Waals surface area (Å²) in [6.07, 6.45) is 2.82. The summed E-state index contributed by atoms with van der Waals surface area (Å²) in [6.45, 7) is 2.71. The van der Waals surface area contributed by atoms with Gasteiger partial charge >= 0.3 is 0 Å². The van der Waals surface area contributed by atoms with Crippen molar-refractivity contribution in [1.29, 1.82) is 0 Å². The zero-order chi connectivity index (χ0) is 13.8. The quantitative estimate of drug-likeness (QED) is 0.697. The normalized spacial score (nSPS) is 10.7. The second kappa shape index (κ2) is 5.74. The Morgan fingerprint density at radius 2 is 1.70 bits per heavy atom. The van der Waals surface area contributed by atoms with Crippen LogP contribution in [0.15, 0.2) is 60.8 Å². The Morgan fingerprint density at radius 1 is 0.900 bits per heavy atom. The highest BCUT2D eigenvalue weighted by molar-refractivity contribution is 5.81. The number of ether oxygens (including phenoxy) is 1. The van der Waals surface area contributed by atoms with Crippen LogP contribution in [0.5, 0.6) is 5.75 Å². The van der Waals surface area contributed by atoms with E-state index >= 15 is 0 Å². The lowest BCUT2D eigenvalue weighted by Crippen LogP contribution is -1.99. The first-order valence-electron chi connectivity index (χ1n) is 6.92. The van der Waals surface area contributed by atoms with Gasteiger partial charge in [0.1, 0.15) is 12.4 Å². The molecule has 1 aromatic heterocycles. The van der Waals surface area contributed by atoms with Gasteiger partial charge in [0.25, 0.3) is 0 Å². The number of aromatic nitrogens is 1. The molecule has 0 aliphatic heterocycles. The van der Waals surface area contributed by atoms with Crippen LogP contribution in [0, 0.1) is 0 Å². The van der Waals surface area contributed by atoms with E-state index in [1.54, 1.807) is 0 Å². The van der Waals surface area contributed by atoms with Gasteiger partial charge in [-0.3, -0.25) is 4.98 Å². The highest BCUT2D eigenvalue weighted by Gasteiger charge is 2.04. The standard InChI is InChI=1S/C18H17NO/c1-2-14-7-3-6-10-18(14)20-13-15-11-12-19-17-9-5-4-8-16(15)17/h3-12H,2,13H2,1H3. The molecule has 0 fully saturated rings. The van der Waals surface area contributed by atoms with E-state index in [1.807, 2.05) is 48.7 Å². The number of hydrogen-bond acceptors (Lipinski definition) is 2. The summed E-state index contributed by atoms with van der Waals surface area (Å²) in [5, 5.41) is 1.16. The van der Waals surface area contributed by atoms with E-state index in [1.165, 1.54) is 11.1 Å². The molecule has 100 valence electrons. The average Bonchev–Trinajstić information content (AvgIpc) is 2.53. The van der Waals surface area contributed by atoms with E-state index in [2.05, 4.69) is 24.0 Å². The summed E-state index contributed by atoms with van der Waals surface area (Å²) in [5.74, 6) is 0.968. The number of pyridine rings is 1. The predicted octanol–water partition coefficient (Wildman–Crippen LogP) is 4.38. The zero-order valence-corrected chi connectivity index (χ0v) is 11.5. The number of hydrogen-bond donors (Lipinski definition) is 0. The van der Waals surface area contributed by atoms with Gasteiger partial charge in [0.2, 0.25) is 0 Å². The fourth-order valence-corrected chi connectivity index (χ4v) is 2.37. The van der Waals surface area contributed by atoms with Gasteiger partial charge in [-0.1, -0.05) is 43.3 Å². The molecule has 2 aromatic carbocycles. The lowest BCUT2D eigenvalue weighted by molar-refractivity contribution is 0.304. The van der Waals surface area contributed by atoms with Crippen LogP contribution in [-0.2, 0) is 13.0 Å². The van der Waals surface area contributed by atoms with Crippen LogP contribution in [0.1, 0.15) is 18.1 Å². The maximum absolute atomic E-state index is 5.99. The van der Waals surface area contributed by atoms with Crippen LogP contribution in [0.4, 0.5) is 0 Å². The molecule has 1 heterocycles. The molecule has 0 unspecified atom stereocenters. The van der Waals surface area contributed by atoms with Crippen molar-refractivity contribution >= 4 is 10.9 Å². The molecular weight excluding hydrogens is 246 g/mol. The second-order valence-corrected chi connectivity index (χ2v) is 4.74. The number of nitrogens with zero attached hydrogens (tertiary/aromatic N) is 1. The first-order valence-corrected chi connectivity index (χ1v) is 6.92. The molecule has 0 saturated heterocycles. The summed E-state index contributed by atoms with van der Waals surface area (Å²) in [4.78, 5) is 4.38. The van der Waals surface area contributed by atoms with Crippen molar-refractivity contribution in [3.05, 3.63) is 71.9 Å². The van der Waals surface area contributed by atoms with Crippen LogP contribution in [0.25, 0.3) is 10.9 Å². The summed E-state index contributed by atoms with van der Waals surface area (Å²) < 4.78 is 5.99. The van der Waals surface area contributed by atoms with Crippen molar-refractivity contribution < 1.29 is 4.74 Å². The minimum atomic E-state index is 0.569. The fourth-order valence-electron chi connectivity index (χ4n) is 2.37. The highest BCUT2D eigenvalue weighted by Crippen LogP contribution is 2.22. The lowest BCUT2D eigenvalue weighted by atomic mass is 10.1. The molecule has 0 atom stereocenters. The van der Waals surface area contributed by atoms with Crippen LogP contribution >= 0.6 is 0 Å². The van der Waals surface area contributed by atoms with Crippen molar-refractivity contribution in [2.75, 3.05) is 0 Å². The highest BCUT2D eigenvalue weighted by atomic mass is 16.5. The van der Waals surface area contributed by atoms with E-state index in [4.69, 9.17) is 4.74 Å². The van der Waals surface area contributed by atoms with E-state index in [0.29, 0.717) is 6.61 Å². The number of para-hydroxylation sites is 2. The third-order valence-corrected chi connectivity index (χ3v) is 3.48. The maximum atomic E-state index is 5.99. The number of aryl methyl sites for hydroxylation is 1. The Morgan fingerprint density at radius 3 is 2.60 bits per heavy atom. The minimum Gasteiger partial charge on any atom is -0.489 e. The van der Waals surface area contributed by atoms with Gasteiger partial charge in [-0.25, -0.2) is 0 Å². The molecule has 0 radical (unpaired) electrons. The predicted molar refractivity (Wildman–Crippen MR) is 81.9 cm³/mol. The van der Waals surface area contributed by atoms with Crippen LogP contribution in [0.2, 0.25) is 0 Å². The minimum absolute atomic E-state index is 0.569. The largest absolute Gasteiger partial charge is 0.489 e. The molecule has 0 N–H and O–H groups in total. The van der Waals surface area contributed by atoms with E-state index in [9.17, 15) is 0 Å². The monoisotopic (exact) mass is 263 g/mol. The number of fused-ring (bicyclic) bond motifs is 1. The van der Waals surface area contributed by atoms with Crippen LogP contribution in [0.3, 0.4) is 0 Å². The Labute approximate surface area is 119 Å². The van der Waals surface area contributed by atoms with Crippen molar-refractivity contribution in [2.45, 2.75) is 20.0 Å². The lowest BCUT2D eigenvalue weighted by Gasteiger charge is -2.11. The summed E-state index contributed by atoms with van der Waals surface area (Å²) >= 11 is 0. The van der Waals surface area contributed by atoms with Gasteiger partial charge < -0.3 is 4.74 Å². The first-order chi connectivity index (χ1) is 9.88. The van der Waals surface area contributed by atoms with Crippen molar-refractivity contribution in [3.63, 3.8) is 0 Å². The topological polar surface area (TPSA) is 22.1 Å². The molecule has 3 aromatic rings. The molecule has 2 nitrogen and oxygen atoms in total. The Hall–Kier alpha value is -2.35. The van der Waals surface area contributed by atoms with Gasteiger partial charge in [0.05, 0.1) is 5.52 Å². The molecule has 0 aliphatic carbocycles. The van der Waals surface area contributed by atoms with E-state index in [0.717, 1.165) is 23.1 Å². The van der Waals surface area contributed by atoms with Crippen molar-refractivity contribution in [2.24, 2.45) is 0 Å². The maximum Gasteiger partial charge on any atom is 0.122 e. The molecular formula is C18H17NO. The second-order valence-electron chi connectivity index (χ2n) is 4.74. The first kappa shape index (κ1) is 12.7. The van der Waals surface area contributed by atoms with E-state index in [-0.39, 0.29) is 0 Å². The van der Waals surface area contributed by atoms with Gasteiger partial charge in [0.15, 0.2) is 0 Å². The average molecular weight is 263 g/mol. The molecule has 0 saturated carbocycles. The van der Waals surface area contributed by atoms with Gasteiger partial charge in [0, 0.05) is 17.1 Å². The van der Waals surface area contributed by atoms with Crippen LogP contribution in [-0.4, -0.2) is 4.98 Å². The summed E-state index contributed by atoms with van der Waals surface area (Å²) in [5.41, 5.74) is 3.42. The molecule has 0 aliphatic rings. The van der Waals surface area contributed by atoms with Crippen molar-refractivity contribution in [3.8, 4) is 5.75 Å². The fraction of sp³-hybridized carbons (Fsp3) is 0.167. The molecule has 0 amide bonds. The number of rotatable bonds is 4. The SMILES string of the molecule is CCc1ccccc1OCc1ccnc2ccccc12. The van der Waals surface area contributed by atoms with Gasteiger partial charge in [-0.2, -0.15) is 0 Å². The zero-order valence-electron chi connectivity index (χ0n) is 11.5. The molecule has 2 heteroatoms. The van der Waals surface area contributed by atoms with Gasteiger partial charge in [-0.15, -0.1) is 0 Å². The molecule has 0 spiro atoms. The molecule has 20 heavy (non-hydrogen) atoms. The van der Waals surface area contributed by atoms with E-state index < -0.39 is 0 Å². The Balaban J connectivity index is 1.87. The molecule has 0 bridgehead atoms. The van der Waals surface area contributed by atoms with Crippen LogP contribution < -0.4 is 4.74 Å². The smallest absolute Gasteiger partial charge is 0.122 e. The Kier molecular flexibility index (Phi) is 3.64. The third kappa shape index (κ3) is 2.50. The van der Waals surface area contributed by atoms with Gasteiger partial charge in [-0.05, 0) is 30.2 Å². The third-order valence-electron chi connectivity index (χ3n) is 3.48. The van der Waals surface area contributed by atoms with Crippen molar-refractivity contribution in [1.82, 2.24) is 4.98 Å². The number of benzene rings is 2. The summed E-state index contributed by atoms with van der Waals surface area (Å²) in [7, 11) is 0. The Bertz CT molecular complexity index is 716.